The Hall–Kier alpha value is -2.58. The summed E-state index contributed by atoms with van der Waals surface area (Å²) in [5.74, 6) is 1.50. The number of anilines is 1. The van der Waals surface area contributed by atoms with Gasteiger partial charge in [0.05, 0.1) is 11.0 Å². The summed E-state index contributed by atoms with van der Waals surface area (Å²) >= 11 is 0. The number of benzene rings is 1. The van der Waals surface area contributed by atoms with E-state index in [1.54, 1.807) is 12.1 Å². The average Bonchev–Trinajstić information content (AvgIpc) is 3.19. The average molecular weight is 397 g/mol. The SMILES string of the molecule is CCc1cc(N2CCN([C@H]3CCC[C@@H]3O)CC2)nc(-c2ccc([N+](=O)[O-])cc2)n1. The van der Waals surface area contributed by atoms with Gasteiger partial charge in [0.2, 0.25) is 0 Å². The van der Waals surface area contributed by atoms with Gasteiger partial charge in [-0.15, -0.1) is 0 Å². The number of rotatable bonds is 5. The van der Waals surface area contributed by atoms with Gasteiger partial charge in [-0.25, -0.2) is 9.97 Å². The Kier molecular flexibility index (Phi) is 5.73. The lowest BCUT2D eigenvalue weighted by Crippen LogP contribution is -2.52. The summed E-state index contributed by atoms with van der Waals surface area (Å²) in [4.78, 5) is 24.6. The molecule has 2 fully saturated rings. The van der Waals surface area contributed by atoms with Crippen LogP contribution in [0.3, 0.4) is 0 Å². The van der Waals surface area contributed by atoms with Crippen molar-refractivity contribution in [2.75, 3.05) is 31.1 Å². The maximum absolute atomic E-state index is 10.9. The van der Waals surface area contributed by atoms with Crippen LogP contribution in [-0.2, 0) is 6.42 Å². The Labute approximate surface area is 170 Å². The molecule has 2 aliphatic rings. The fraction of sp³-hybridized carbons (Fsp3) is 0.524. The first-order valence-electron chi connectivity index (χ1n) is 10.3. The Balaban J connectivity index is 1.52. The summed E-state index contributed by atoms with van der Waals surface area (Å²) < 4.78 is 0. The molecule has 8 nitrogen and oxygen atoms in total. The number of nitrogens with zero attached hydrogens (tertiary/aromatic N) is 5. The van der Waals surface area contributed by atoms with Crippen LogP contribution in [0.2, 0.25) is 0 Å². The van der Waals surface area contributed by atoms with Gasteiger partial charge in [0.1, 0.15) is 5.82 Å². The van der Waals surface area contributed by atoms with Gasteiger partial charge in [0, 0.05) is 61.7 Å². The second-order valence-corrected chi connectivity index (χ2v) is 7.79. The molecule has 1 aliphatic carbocycles. The molecule has 1 aromatic carbocycles. The van der Waals surface area contributed by atoms with E-state index in [9.17, 15) is 15.2 Å². The van der Waals surface area contributed by atoms with Crippen molar-refractivity contribution in [1.82, 2.24) is 14.9 Å². The van der Waals surface area contributed by atoms with Crippen LogP contribution in [0.15, 0.2) is 30.3 Å². The van der Waals surface area contributed by atoms with E-state index in [0.29, 0.717) is 11.9 Å². The molecule has 0 amide bonds. The lowest BCUT2D eigenvalue weighted by Gasteiger charge is -2.39. The quantitative estimate of drug-likeness (QED) is 0.612. The topological polar surface area (TPSA) is 95.6 Å². The highest BCUT2D eigenvalue weighted by molar-refractivity contribution is 5.60. The lowest BCUT2D eigenvalue weighted by molar-refractivity contribution is -0.384. The molecule has 2 aromatic rings. The van der Waals surface area contributed by atoms with Crippen molar-refractivity contribution < 1.29 is 10.0 Å². The van der Waals surface area contributed by atoms with Crippen molar-refractivity contribution in [3.05, 3.63) is 46.1 Å². The molecule has 0 radical (unpaired) electrons. The maximum Gasteiger partial charge on any atom is 0.269 e. The molecule has 2 atom stereocenters. The van der Waals surface area contributed by atoms with Crippen LogP contribution >= 0.6 is 0 Å². The van der Waals surface area contributed by atoms with E-state index in [4.69, 9.17) is 4.98 Å². The summed E-state index contributed by atoms with van der Waals surface area (Å²) in [7, 11) is 0. The number of aromatic nitrogens is 2. The zero-order valence-electron chi connectivity index (χ0n) is 16.7. The van der Waals surface area contributed by atoms with Gasteiger partial charge in [-0.05, 0) is 37.8 Å². The van der Waals surface area contributed by atoms with Crippen LogP contribution in [0.1, 0.15) is 31.9 Å². The van der Waals surface area contributed by atoms with E-state index in [2.05, 4.69) is 21.7 Å². The first kappa shape index (κ1) is 19.7. The third kappa shape index (κ3) is 4.23. The molecule has 1 aromatic heterocycles. The first-order valence-corrected chi connectivity index (χ1v) is 10.3. The standard InChI is InChI=1S/C21H27N5O3/c1-2-16-14-20(23-21(22-16)15-6-8-17(9-7-15)26(28)29)25-12-10-24(11-13-25)18-4-3-5-19(18)27/h6-9,14,18-19,27H,2-5,10-13H2,1H3/t18-,19-/m0/s1. The second kappa shape index (κ2) is 8.42. The second-order valence-electron chi connectivity index (χ2n) is 7.79. The summed E-state index contributed by atoms with van der Waals surface area (Å²) in [6, 6.07) is 8.72. The number of hydrogen-bond donors (Lipinski definition) is 1. The summed E-state index contributed by atoms with van der Waals surface area (Å²) in [6.45, 7) is 5.62. The van der Waals surface area contributed by atoms with Crippen molar-refractivity contribution in [3.8, 4) is 11.4 Å². The number of aliphatic hydroxyl groups is 1. The Morgan fingerprint density at radius 1 is 1.14 bits per heavy atom. The number of aliphatic hydroxyl groups excluding tert-OH is 1. The molecule has 29 heavy (non-hydrogen) atoms. The molecule has 0 spiro atoms. The molecule has 1 aliphatic heterocycles. The predicted octanol–water partition coefficient (Wildman–Crippen LogP) is 2.65. The highest BCUT2D eigenvalue weighted by atomic mass is 16.6. The molecular formula is C21H27N5O3. The van der Waals surface area contributed by atoms with Crippen LogP contribution in [0.4, 0.5) is 11.5 Å². The number of hydrogen-bond acceptors (Lipinski definition) is 7. The van der Waals surface area contributed by atoms with Crippen molar-refractivity contribution in [3.63, 3.8) is 0 Å². The fourth-order valence-corrected chi connectivity index (χ4v) is 4.32. The van der Waals surface area contributed by atoms with Gasteiger partial charge in [-0.3, -0.25) is 15.0 Å². The van der Waals surface area contributed by atoms with E-state index in [1.807, 2.05) is 6.07 Å². The summed E-state index contributed by atoms with van der Waals surface area (Å²) in [6.07, 6.45) is 3.70. The number of nitro groups is 1. The molecule has 154 valence electrons. The highest BCUT2D eigenvalue weighted by Gasteiger charge is 2.32. The summed E-state index contributed by atoms with van der Waals surface area (Å²) in [5.41, 5.74) is 1.79. The molecule has 8 heteroatoms. The van der Waals surface area contributed by atoms with E-state index in [0.717, 1.165) is 68.9 Å². The van der Waals surface area contributed by atoms with Gasteiger partial charge < -0.3 is 10.0 Å². The zero-order chi connectivity index (χ0) is 20.4. The van der Waals surface area contributed by atoms with Crippen LogP contribution in [0.25, 0.3) is 11.4 Å². The van der Waals surface area contributed by atoms with Crippen molar-refractivity contribution >= 4 is 11.5 Å². The van der Waals surface area contributed by atoms with E-state index >= 15 is 0 Å². The Morgan fingerprint density at radius 3 is 2.45 bits per heavy atom. The highest BCUT2D eigenvalue weighted by Crippen LogP contribution is 2.27. The minimum absolute atomic E-state index is 0.0610. The molecule has 0 unspecified atom stereocenters. The normalized spacial score (nSPS) is 22.8. The third-order valence-electron chi connectivity index (χ3n) is 6.02. The number of piperazine rings is 1. The molecule has 1 saturated carbocycles. The van der Waals surface area contributed by atoms with Crippen LogP contribution in [0, 0.1) is 10.1 Å². The number of non-ortho nitro benzene ring substituents is 1. The largest absolute Gasteiger partial charge is 0.391 e. The van der Waals surface area contributed by atoms with E-state index in [-0.39, 0.29) is 11.8 Å². The molecule has 4 rings (SSSR count). The van der Waals surface area contributed by atoms with Gasteiger partial charge in [0.25, 0.3) is 5.69 Å². The Bertz CT molecular complexity index is 865. The molecule has 1 N–H and O–H groups in total. The van der Waals surface area contributed by atoms with Gasteiger partial charge in [-0.2, -0.15) is 0 Å². The predicted molar refractivity (Wildman–Crippen MR) is 111 cm³/mol. The number of aryl methyl sites for hydroxylation is 1. The molecule has 1 saturated heterocycles. The van der Waals surface area contributed by atoms with Crippen LogP contribution in [0.5, 0.6) is 0 Å². The monoisotopic (exact) mass is 397 g/mol. The van der Waals surface area contributed by atoms with Crippen molar-refractivity contribution in [2.45, 2.75) is 44.8 Å². The first-order chi connectivity index (χ1) is 14.0. The summed E-state index contributed by atoms with van der Waals surface area (Å²) in [5, 5.41) is 21.1. The Morgan fingerprint density at radius 2 is 1.86 bits per heavy atom. The van der Waals surface area contributed by atoms with Gasteiger partial charge in [0.15, 0.2) is 5.82 Å². The smallest absolute Gasteiger partial charge is 0.269 e. The van der Waals surface area contributed by atoms with E-state index < -0.39 is 4.92 Å². The molecule has 2 heterocycles. The van der Waals surface area contributed by atoms with E-state index in [1.165, 1.54) is 12.1 Å². The number of nitro benzene ring substituents is 1. The maximum atomic E-state index is 10.9. The molecule has 0 bridgehead atoms. The van der Waals surface area contributed by atoms with Crippen molar-refractivity contribution in [2.24, 2.45) is 0 Å². The minimum atomic E-state index is -0.403. The minimum Gasteiger partial charge on any atom is -0.391 e. The van der Waals surface area contributed by atoms with Crippen LogP contribution < -0.4 is 4.90 Å². The zero-order valence-corrected chi connectivity index (χ0v) is 16.7. The van der Waals surface area contributed by atoms with Crippen LogP contribution in [-0.4, -0.2) is 63.2 Å². The van der Waals surface area contributed by atoms with Crippen molar-refractivity contribution in [1.29, 1.82) is 0 Å². The fourth-order valence-electron chi connectivity index (χ4n) is 4.32. The lowest BCUT2D eigenvalue weighted by atomic mass is 10.1. The third-order valence-corrected chi connectivity index (χ3v) is 6.02. The van der Waals surface area contributed by atoms with Gasteiger partial charge >= 0.3 is 0 Å². The molecular weight excluding hydrogens is 370 g/mol. The van der Waals surface area contributed by atoms with Gasteiger partial charge in [-0.1, -0.05) is 6.92 Å².